The molecule has 0 aliphatic carbocycles. The summed E-state index contributed by atoms with van der Waals surface area (Å²) in [6.45, 7) is 0. The zero-order valence-corrected chi connectivity index (χ0v) is 11.2. The molecule has 0 saturated carbocycles. The number of carboxylic acid groups (broad SMARTS) is 1. The van der Waals surface area contributed by atoms with Gasteiger partial charge in [0.15, 0.2) is 6.04 Å². The summed E-state index contributed by atoms with van der Waals surface area (Å²) in [5.74, 6) is -0.886. The first kappa shape index (κ1) is 12.1. The molecule has 3 nitrogen and oxygen atoms in total. The first-order chi connectivity index (χ1) is 8.16. The fourth-order valence-electron chi connectivity index (χ4n) is 1.44. The Morgan fingerprint density at radius 1 is 1.35 bits per heavy atom. The number of aliphatic carboxylic acids is 1. The maximum Gasteiger partial charge on any atom is 0.331 e. The third-order valence-corrected chi connectivity index (χ3v) is 3.96. The molecule has 0 spiro atoms. The van der Waals surface area contributed by atoms with Gasteiger partial charge in [0, 0.05) is 20.4 Å². The average Bonchev–Trinajstić information content (AvgIpc) is 2.73. The van der Waals surface area contributed by atoms with Gasteiger partial charge in [0.2, 0.25) is 0 Å². The summed E-state index contributed by atoms with van der Waals surface area (Å²) in [4.78, 5) is 12.0. The van der Waals surface area contributed by atoms with E-state index in [0.29, 0.717) is 0 Å². The van der Waals surface area contributed by atoms with E-state index < -0.39 is 12.0 Å². The Labute approximate surface area is 111 Å². The van der Waals surface area contributed by atoms with Gasteiger partial charge < -0.3 is 10.4 Å². The van der Waals surface area contributed by atoms with Crippen LogP contribution in [-0.4, -0.2) is 11.1 Å². The summed E-state index contributed by atoms with van der Waals surface area (Å²) in [6, 6.07) is 10.4. The van der Waals surface area contributed by atoms with Crippen molar-refractivity contribution in [2.45, 2.75) is 6.04 Å². The van der Waals surface area contributed by atoms with Crippen LogP contribution < -0.4 is 5.32 Å². The van der Waals surface area contributed by atoms with E-state index in [1.165, 1.54) is 11.3 Å². The number of hydrogen-bond donors (Lipinski definition) is 2. The number of para-hydroxylation sites is 1. The molecular weight excluding hydrogens is 302 g/mol. The Morgan fingerprint density at radius 2 is 2.06 bits per heavy atom. The summed E-state index contributed by atoms with van der Waals surface area (Å²) < 4.78 is 0.901. The Balaban J connectivity index is 2.22. The first-order valence-electron chi connectivity index (χ1n) is 4.95. The number of anilines is 1. The van der Waals surface area contributed by atoms with E-state index in [4.69, 9.17) is 0 Å². The second-order valence-electron chi connectivity index (χ2n) is 3.45. The maximum atomic E-state index is 11.2. The average molecular weight is 312 g/mol. The molecule has 1 unspecified atom stereocenters. The number of hydrogen-bond acceptors (Lipinski definition) is 3. The normalized spacial score (nSPS) is 12.1. The lowest BCUT2D eigenvalue weighted by atomic mass is 10.2. The highest BCUT2D eigenvalue weighted by Crippen LogP contribution is 2.28. The van der Waals surface area contributed by atoms with Gasteiger partial charge in [-0.3, -0.25) is 0 Å². The summed E-state index contributed by atoms with van der Waals surface area (Å²) in [5, 5.41) is 14.1. The van der Waals surface area contributed by atoms with Crippen LogP contribution in [0.2, 0.25) is 0 Å². The number of carboxylic acids is 1. The predicted molar refractivity (Wildman–Crippen MR) is 72.5 cm³/mol. The van der Waals surface area contributed by atoms with Gasteiger partial charge in [-0.05, 0) is 34.1 Å². The van der Waals surface area contributed by atoms with Crippen molar-refractivity contribution in [2.75, 3.05) is 5.32 Å². The van der Waals surface area contributed by atoms with E-state index in [0.717, 1.165) is 15.0 Å². The number of nitrogens with one attached hydrogen (secondary N) is 1. The largest absolute Gasteiger partial charge is 0.479 e. The number of carbonyl (C=O) groups is 1. The van der Waals surface area contributed by atoms with Crippen molar-refractivity contribution in [3.8, 4) is 0 Å². The molecule has 2 N–H and O–H groups in total. The summed E-state index contributed by atoms with van der Waals surface area (Å²) in [7, 11) is 0. The smallest absolute Gasteiger partial charge is 0.331 e. The van der Waals surface area contributed by atoms with E-state index >= 15 is 0 Å². The highest BCUT2D eigenvalue weighted by Gasteiger charge is 2.21. The van der Waals surface area contributed by atoms with Crippen molar-refractivity contribution in [3.05, 3.63) is 51.1 Å². The second-order valence-corrected chi connectivity index (χ2v) is 5.31. The van der Waals surface area contributed by atoms with Crippen LogP contribution in [0.3, 0.4) is 0 Å². The Hall–Kier alpha value is -1.33. The molecule has 0 amide bonds. The number of rotatable bonds is 4. The molecule has 1 heterocycles. The van der Waals surface area contributed by atoms with Gasteiger partial charge in [-0.2, -0.15) is 0 Å². The lowest BCUT2D eigenvalue weighted by Gasteiger charge is -2.13. The molecule has 0 radical (unpaired) electrons. The lowest BCUT2D eigenvalue weighted by molar-refractivity contribution is -0.138. The van der Waals surface area contributed by atoms with Crippen LogP contribution in [0, 0.1) is 0 Å². The third-order valence-electron chi connectivity index (χ3n) is 2.20. The molecule has 1 aromatic heterocycles. The van der Waals surface area contributed by atoms with Gasteiger partial charge in [0.05, 0.1) is 0 Å². The van der Waals surface area contributed by atoms with Crippen molar-refractivity contribution < 1.29 is 9.90 Å². The van der Waals surface area contributed by atoms with Crippen LogP contribution in [0.25, 0.3) is 0 Å². The minimum atomic E-state index is -0.886. The lowest BCUT2D eigenvalue weighted by Crippen LogP contribution is -2.19. The van der Waals surface area contributed by atoms with E-state index in [9.17, 15) is 9.90 Å². The molecule has 17 heavy (non-hydrogen) atoms. The molecular formula is C12H10BrNO2S. The van der Waals surface area contributed by atoms with Crippen molar-refractivity contribution in [1.82, 2.24) is 0 Å². The highest BCUT2D eigenvalue weighted by molar-refractivity contribution is 9.10. The molecule has 0 bridgehead atoms. The highest BCUT2D eigenvalue weighted by atomic mass is 79.9. The topological polar surface area (TPSA) is 49.3 Å². The molecule has 1 atom stereocenters. The van der Waals surface area contributed by atoms with Gasteiger partial charge in [-0.15, -0.1) is 11.3 Å². The van der Waals surface area contributed by atoms with Gasteiger partial charge in [-0.1, -0.05) is 18.2 Å². The van der Waals surface area contributed by atoms with Crippen molar-refractivity contribution >= 4 is 38.9 Å². The zero-order chi connectivity index (χ0) is 12.3. The predicted octanol–water partition coefficient (Wildman–Crippen LogP) is 3.75. The van der Waals surface area contributed by atoms with E-state index in [1.807, 2.05) is 41.8 Å². The van der Waals surface area contributed by atoms with Crippen molar-refractivity contribution in [1.29, 1.82) is 0 Å². The summed E-state index contributed by atoms with van der Waals surface area (Å²) in [6.07, 6.45) is 0. The number of halogens is 1. The molecule has 2 aromatic rings. The van der Waals surface area contributed by atoms with Gasteiger partial charge in [-0.25, -0.2) is 4.79 Å². The first-order valence-corrected chi connectivity index (χ1v) is 6.62. The van der Waals surface area contributed by atoms with Crippen LogP contribution in [0.1, 0.15) is 10.9 Å². The Kier molecular flexibility index (Phi) is 3.81. The molecule has 0 aliphatic heterocycles. The number of benzene rings is 1. The minimum Gasteiger partial charge on any atom is -0.479 e. The molecule has 1 aromatic carbocycles. The standard InChI is InChI=1S/C12H10BrNO2S/c13-8-6-10(17-7-8)11(12(15)16)14-9-4-2-1-3-5-9/h1-7,11,14H,(H,15,16). The molecule has 0 aliphatic rings. The summed E-state index contributed by atoms with van der Waals surface area (Å²) in [5.41, 5.74) is 0.796. The molecule has 88 valence electrons. The van der Waals surface area contributed by atoms with Crippen LogP contribution in [0.4, 0.5) is 5.69 Å². The second kappa shape index (κ2) is 5.33. The van der Waals surface area contributed by atoms with Crippen LogP contribution in [-0.2, 0) is 4.79 Å². The van der Waals surface area contributed by atoms with Gasteiger partial charge in [0.25, 0.3) is 0 Å². The van der Waals surface area contributed by atoms with Gasteiger partial charge >= 0.3 is 5.97 Å². The monoisotopic (exact) mass is 311 g/mol. The van der Waals surface area contributed by atoms with E-state index in [-0.39, 0.29) is 0 Å². The zero-order valence-electron chi connectivity index (χ0n) is 8.76. The SMILES string of the molecule is O=C(O)C(Nc1ccccc1)c1cc(Br)cs1. The molecule has 0 saturated heterocycles. The fraction of sp³-hybridized carbons (Fsp3) is 0.0833. The van der Waals surface area contributed by atoms with E-state index in [2.05, 4.69) is 21.2 Å². The van der Waals surface area contributed by atoms with Crippen molar-refractivity contribution in [2.24, 2.45) is 0 Å². The maximum absolute atomic E-state index is 11.2. The van der Waals surface area contributed by atoms with Crippen LogP contribution >= 0.6 is 27.3 Å². The third kappa shape index (κ3) is 3.08. The van der Waals surface area contributed by atoms with Crippen molar-refractivity contribution in [3.63, 3.8) is 0 Å². The Morgan fingerprint density at radius 3 is 2.59 bits per heavy atom. The molecule has 5 heteroatoms. The number of thiophene rings is 1. The quantitative estimate of drug-likeness (QED) is 0.904. The van der Waals surface area contributed by atoms with E-state index in [1.54, 1.807) is 0 Å². The summed E-state index contributed by atoms with van der Waals surface area (Å²) >= 11 is 4.74. The molecule has 0 fully saturated rings. The van der Waals surface area contributed by atoms with Crippen LogP contribution in [0.5, 0.6) is 0 Å². The molecule has 2 rings (SSSR count). The minimum absolute atomic E-state index is 0.714. The van der Waals surface area contributed by atoms with Crippen LogP contribution in [0.15, 0.2) is 46.3 Å². The fourth-order valence-corrected chi connectivity index (χ4v) is 2.92. The Bertz CT molecular complexity index is 512. The van der Waals surface area contributed by atoms with Gasteiger partial charge in [0.1, 0.15) is 0 Å².